The molecule has 4 aromatic rings. The van der Waals surface area contributed by atoms with Crippen LogP contribution in [-0.2, 0) is 10.0 Å². The number of tetrazole rings is 1. The van der Waals surface area contributed by atoms with Gasteiger partial charge in [0.15, 0.2) is 5.82 Å². The Morgan fingerprint density at radius 3 is 2.62 bits per heavy atom. The molecule has 8 nitrogen and oxygen atoms in total. The lowest BCUT2D eigenvalue weighted by Crippen LogP contribution is -2.11. The summed E-state index contributed by atoms with van der Waals surface area (Å²) < 4.78 is 28.2. The molecule has 0 amide bonds. The SMILES string of the molecule is O=S(=O)(Nc1cccc(-c2nnn[nH]2)c1)c1ccc(-c2ccncc2)s1. The molecule has 3 heterocycles. The smallest absolute Gasteiger partial charge is 0.271 e. The van der Waals surface area contributed by atoms with E-state index in [0.29, 0.717) is 17.1 Å². The van der Waals surface area contributed by atoms with Crippen molar-refractivity contribution in [3.8, 4) is 21.8 Å². The lowest BCUT2D eigenvalue weighted by molar-refractivity contribution is 0.603. The molecule has 0 spiro atoms. The third kappa shape index (κ3) is 3.32. The van der Waals surface area contributed by atoms with E-state index < -0.39 is 10.0 Å². The van der Waals surface area contributed by atoms with Crippen molar-refractivity contribution >= 4 is 27.0 Å². The van der Waals surface area contributed by atoms with Gasteiger partial charge in [-0.2, -0.15) is 0 Å². The van der Waals surface area contributed by atoms with Gasteiger partial charge in [0.2, 0.25) is 0 Å². The molecule has 10 heteroatoms. The number of nitrogens with zero attached hydrogens (tertiary/aromatic N) is 4. The first kappa shape index (κ1) is 16.4. The molecule has 0 atom stereocenters. The van der Waals surface area contributed by atoms with E-state index in [1.807, 2.05) is 12.1 Å². The molecule has 26 heavy (non-hydrogen) atoms. The van der Waals surface area contributed by atoms with Crippen molar-refractivity contribution in [2.45, 2.75) is 4.21 Å². The third-order valence-electron chi connectivity index (χ3n) is 3.54. The summed E-state index contributed by atoms with van der Waals surface area (Å²) in [6.45, 7) is 0. The molecule has 4 rings (SSSR count). The van der Waals surface area contributed by atoms with Crippen molar-refractivity contribution in [1.82, 2.24) is 25.6 Å². The topological polar surface area (TPSA) is 114 Å². The van der Waals surface area contributed by atoms with Crippen LogP contribution < -0.4 is 4.72 Å². The summed E-state index contributed by atoms with van der Waals surface area (Å²) in [4.78, 5) is 4.82. The summed E-state index contributed by atoms with van der Waals surface area (Å²) in [5.74, 6) is 0.460. The van der Waals surface area contributed by atoms with Crippen LogP contribution >= 0.6 is 11.3 Å². The number of anilines is 1. The summed E-state index contributed by atoms with van der Waals surface area (Å²) >= 11 is 1.20. The van der Waals surface area contributed by atoms with Crippen LogP contribution in [0, 0.1) is 0 Å². The van der Waals surface area contributed by atoms with Crippen molar-refractivity contribution in [1.29, 1.82) is 0 Å². The molecular weight excluding hydrogens is 372 g/mol. The zero-order valence-electron chi connectivity index (χ0n) is 13.2. The van der Waals surface area contributed by atoms with Gasteiger partial charge in [0.05, 0.1) is 0 Å². The minimum atomic E-state index is -3.70. The first-order valence-corrected chi connectivity index (χ1v) is 9.79. The van der Waals surface area contributed by atoms with E-state index in [4.69, 9.17) is 0 Å². The number of H-pyrrole nitrogens is 1. The van der Waals surface area contributed by atoms with E-state index in [1.54, 1.807) is 48.8 Å². The van der Waals surface area contributed by atoms with Gasteiger partial charge in [0.25, 0.3) is 10.0 Å². The number of aromatic nitrogens is 5. The van der Waals surface area contributed by atoms with Gasteiger partial charge in [-0.25, -0.2) is 13.5 Å². The molecule has 3 aromatic heterocycles. The van der Waals surface area contributed by atoms with Crippen molar-refractivity contribution < 1.29 is 8.42 Å². The molecule has 0 saturated carbocycles. The summed E-state index contributed by atoms with van der Waals surface area (Å²) in [7, 11) is -3.70. The van der Waals surface area contributed by atoms with Crippen LogP contribution in [0.4, 0.5) is 5.69 Å². The third-order valence-corrected chi connectivity index (χ3v) is 6.55. The van der Waals surface area contributed by atoms with E-state index in [-0.39, 0.29) is 4.21 Å². The minimum absolute atomic E-state index is 0.232. The largest absolute Gasteiger partial charge is 0.279 e. The normalized spacial score (nSPS) is 11.4. The second-order valence-corrected chi connectivity index (χ2v) is 8.28. The Bertz CT molecular complexity index is 1120. The summed E-state index contributed by atoms with van der Waals surface area (Å²) in [5, 5.41) is 13.5. The van der Waals surface area contributed by atoms with Crippen LogP contribution in [0.1, 0.15) is 0 Å². The number of hydrogen-bond donors (Lipinski definition) is 2. The molecule has 0 saturated heterocycles. The molecule has 0 aliphatic carbocycles. The molecule has 0 bridgehead atoms. The van der Waals surface area contributed by atoms with Gasteiger partial charge in [-0.3, -0.25) is 9.71 Å². The van der Waals surface area contributed by atoms with Crippen molar-refractivity contribution in [2.75, 3.05) is 4.72 Å². The molecule has 0 aliphatic heterocycles. The number of rotatable bonds is 5. The predicted octanol–water partition coefficient (Wildman–Crippen LogP) is 2.79. The van der Waals surface area contributed by atoms with Gasteiger partial charge >= 0.3 is 0 Å². The molecule has 0 radical (unpaired) electrons. The Morgan fingerprint density at radius 2 is 1.85 bits per heavy atom. The second-order valence-electron chi connectivity index (χ2n) is 5.29. The average molecular weight is 384 g/mol. The van der Waals surface area contributed by atoms with Crippen LogP contribution in [0.15, 0.2) is 65.1 Å². The lowest BCUT2D eigenvalue weighted by atomic mass is 10.2. The fraction of sp³-hybridized carbons (Fsp3) is 0. The zero-order chi connectivity index (χ0) is 18.0. The molecule has 0 fully saturated rings. The second kappa shape index (κ2) is 6.65. The number of thiophene rings is 1. The molecule has 0 aliphatic rings. The van der Waals surface area contributed by atoms with Crippen LogP contribution in [0.5, 0.6) is 0 Å². The molecule has 130 valence electrons. The number of hydrogen-bond acceptors (Lipinski definition) is 7. The molecule has 1 aromatic carbocycles. The maximum Gasteiger partial charge on any atom is 0.271 e. The Morgan fingerprint density at radius 1 is 1.00 bits per heavy atom. The van der Waals surface area contributed by atoms with Crippen LogP contribution in [0.2, 0.25) is 0 Å². The first-order chi connectivity index (χ1) is 12.6. The van der Waals surface area contributed by atoms with Gasteiger partial charge in [-0.15, -0.1) is 16.4 Å². The molecule has 2 N–H and O–H groups in total. The Hall–Kier alpha value is -3.11. The van der Waals surface area contributed by atoms with Crippen LogP contribution in [-0.4, -0.2) is 34.0 Å². The fourth-order valence-electron chi connectivity index (χ4n) is 2.35. The fourth-order valence-corrected chi connectivity index (χ4v) is 4.71. The number of sulfonamides is 1. The summed E-state index contributed by atoms with van der Waals surface area (Å²) in [6, 6.07) is 13.9. The average Bonchev–Trinajstić information content (AvgIpc) is 3.35. The van der Waals surface area contributed by atoms with Crippen molar-refractivity contribution in [3.05, 3.63) is 60.9 Å². The van der Waals surface area contributed by atoms with Gasteiger partial charge in [-0.05, 0) is 52.4 Å². The Kier molecular flexibility index (Phi) is 4.19. The number of aromatic amines is 1. The van der Waals surface area contributed by atoms with E-state index in [0.717, 1.165) is 10.4 Å². The molecular formula is C16H12N6O2S2. The van der Waals surface area contributed by atoms with E-state index in [1.165, 1.54) is 11.3 Å². The molecule has 0 unspecified atom stereocenters. The number of pyridine rings is 1. The van der Waals surface area contributed by atoms with E-state index in [2.05, 4.69) is 30.3 Å². The highest BCUT2D eigenvalue weighted by Gasteiger charge is 2.18. The quantitative estimate of drug-likeness (QED) is 0.547. The predicted molar refractivity (Wildman–Crippen MR) is 98.0 cm³/mol. The Labute approximate surface area is 153 Å². The highest BCUT2D eigenvalue weighted by Crippen LogP contribution is 2.31. The number of benzene rings is 1. The van der Waals surface area contributed by atoms with Crippen LogP contribution in [0.25, 0.3) is 21.8 Å². The van der Waals surface area contributed by atoms with Crippen molar-refractivity contribution in [2.24, 2.45) is 0 Å². The van der Waals surface area contributed by atoms with Gasteiger partial charge in [0.1, 0.15) is 4.21 Å². The highest BCUT2D eigenvalue weighted by atomic mass is 32.2. The summed E-state index contributed by atoms with van der Waals surface area (Å²) in [6.07, 6.45) is 3.34. The summed E-state index contributed by atoms with van der Waals surface area (Å²) in [5.41, 5.74) is 2.03. The van der Waals surface area contributed by atoms with Gasteiger partial charge < -0.3 is 0 Å². The number of nitrogens with one attached hydrogen (secondary N) is 2. The van der Waals surface area contributed by atoms with Gasteiger partial charge in [-0.1, -0.05) is 12.1 Å². The maximum absolute atomic E-state index is 12.7. The van der Waals surface area contributed by atoms with Crippen molar-refractivity contribution in [3.63, 3.8) is 0 Å². The zero-order valence-corrected chi connectivity index (χ0v) is 14.8. The standard InChI is InChI=1S/C16H12N6O2S2/c23-26(24,15-5-4-14(25-15)11-6-8-17-9-7-11)20-13-3-1-2-12(10-13)16-18-21-22-19-16/h1-10,20H,(H,18,19,21,22). The first-order valence-electron chi connectivity index (χ1n) is 7.49. The van der Waals surface area contributed by atoms with Gasteiger partial charge in [0, 0.05) is 28.5 Å². The van der Waals surface area contributed by atoms with Crippen LogP contribution in [0.3, 0.4) is 0 Å². The maximum atomic E-state index is 12.7. The van der Waals surface area contributed by atoms with E-state index in [9.17, 15) is 8.42 Å². The minimum Gasteiger partial charge on any atom is -0.279 e. The lowest BCUT2D eigenvalue weighted by Gasteiger charge is -2.07. The van der Waals surface area contributed by atoms with E-state index >= 15 is 0 Å². The Balaban J connectivity index is 1.60. The highest BCUT2D eigenvalue weighted by molar-refractivity contribution is 7.94. The monoisotopic (exact) mass is 384 g/mol.